The molecule has 2 aromatic rings. The third kappa shape index (κ3) is 1.90. The summed E-state index contributed by atoms with van der Waals surface area (Å²) < 4.78 is 9.48. The molecule has 0 amide bonds. The fourth-order valence-electron chi connectivity index (χ4n) is 1.29. The number of ether oxygens (including phenoxy) is 1. The van der Waals surface area contributed by atoms with Gasteiger partial charge in [0.1, 0.15) is 0 Å². The Labute approximate surface area is 87.9 Å². The molecular formula is C11H12OTe. The minimum absolute atomic E-state index is 0.0945. The Morgan fingerprint density at radius 2 is 2.23 bits per heavy atom. The van der Waals surface area contributed by atoms with Crippen molar-refractivity contribution >= 4 is 29.2 Å². The van der Waals surface area contributed by atoms with Crippen LogP contribution < -0.4 is 4.74 Å². The molecule has 2 heteroatoms. The molecule has 0 aliphatic heterocycles. The maximum atomic E-state index is 5.69. The molecule has 1 aromatic carbocycles. The molecule has 1 heterocycles. The third-order valence-corrected chi connectivity index (χ3v) is 4.60. The molecule has 0 saturated carbocycles. The molecule has 0 unspecified atom stereocenters. The van der Waals surface area contributed by atoms with Crippen molar-refractivity contribution in [1.29, 1.82) is 0 Å². The van der Waals surface area contributed by atoms with Gasteiger partial charge in [0, 0.05) is 0 Å². The summed E-state index contributed by atoms with van der Waals surface area (Å²) in [4.78, 5) is 0. The van der Waals surface area contributed by atoms with Crippen LogP contribution in [0.4, 0.5) is 0 Å². The van der Waals surface area contributed by atoms with Crippen LogP contribution in [0.25, 0.3) is 8.79 Å². The second kappa shape index (κ2) is 4.17. The Morgan fingerprint density at radius 3 is 3.08 bits per heavy atom. The van der Waals surface area contributed by atoms with Crippen LogP contribution in [-0.2, 0) is 0 Å². The van der Waals surface area contributed by atoms with E-state index in [-0.39, 0.29) is 20.4 Å². The average Bonchev–Trinajstić information content (AvgIpc) is 2.62. The van der Waals surface area contributed by atoms with Crippen LogP contribution in [-0.4, -0.2) is 27.0 Å². The molecule has 0 fully saturated rings. The Bertz CT molecular complexity index is 392. The van der Waals surface area contributed by atoms with Gasteiger partial charge in [-0.1, -0.05) is 0 Å². The quantitative estimate of drug-likeness (QED) is 0.789. The number of benzene rings is 1. The summed E-state index contributed by atoms with van der Waals surface area (Å²) in [6.45, 7) is 2.97. The second-order valence-corrected chi connectivity index (χ2v) is 5.56. The summed E-state index contributed by atoms with van der Waals surface area (Å²) >= 11 is -0.0945. The van der Waals surface area contributed by atoms with Gasteiger partial charge < -0.3 is 0 Å². The topological polar surface area (TPSA) is 9.23 Å². The molecule has 0 spiro atoms. The summed E-state index contributed by atoms with van der Waals surface area (Å²) in [5.41, 5.74) is 0. The predicted octanol–water partition coefficient (Wildman–Crippen LogP) is 2.69. The molecule has 0 aliphatic rings. The van der Waals surface area contributed by atoms with Gasteiger partial charge in [-0.25, -0.2) is 0 Å². The zero-order chi connectivity index (χ0) is 9.10. The van der Waals surface area contributed by atoms with Crippen molar-refractivity contribution < 1.29 is 4.74 Å². The first-order valence-corrected chi connectivity index (χ1v) is 7.02. The van der Waals surface area contributed by atoms with E-state index >= 15 is 0 Å². The zero-order valence-electron chi connectivity index (χ0n) is 7.62. The molecule has 0 aliphatic carbocycles. The second-order valence-electron chi connectivity index (χ2n) is 2.94. The first-order valence-electron chi connectivity index (χ1n) is 4.51. The van der Waals surface area contributed by atoms with Crippen molar-refractivity contribution in [3.63, 3.8) is 0 Å². The molecule has 0 radical (unpaired) electrons. The van der Waals surface area contributed by atoms with Crippen LogP contribution in [0.3, 0.4) is 0 Å². The zero-order valence-corrected chi connectivity index (χ0v) is 9.95. The predicted molar refractivity (Wildman–Crippen MR) is 56.7 cm³/mol. The summed E-state index contributed by atoms with van der Waals surface area (Å²) in [5.74, 6) is 1.12. The van der Waals surface area contributed by atoms with Crippen LogP contribution in [0.2, 0.25) is 0 Å². The minimum atomic E-state index is -0.0945. The molecule has 0 N–H and O–H groups in total. The van der Waals surface area contributed by atoms with Crippen molar-refractivity contribution in [3.8, 4) is 5.75 Å². The average molecular weight is 288 g/mol. The van der Waals surface area contributed by atoms with Crippen LogP contribution >= 0.6 is 0 Å². The van der Waals surface area contributed by atoms with Gasteiger partial charge in [0.15, 0.2) is 0 Å². The summed E-state index contributed by atoms with van der Waals surface area (Å²) in [5, 5.41) is 1.37. The Balaban J connectivity index is 2.37. The third-order valence-electron chi connectivity index (χ3n) is 1.90. The normalized spacial score (nSPS) is 10.5. The number of rotatable bonds is 3. The van der Waals surface area contributed by atoms with E-state index in [0.29, 0.717) is 0 Å². The van der Waals surface area contributed by atoms with Crippen LogP contribution in [0.5, 0.6) is 5.75 Å². The first-order chi connectivity index (χ1) is 6.42. The van der Waals surface area contributed by atoms with Crippen molar-refractivity contribution in [3.05, 3.63) is 28.3 Å². The van der Waals surface area contributed by atoms with Gasteiger partial charge in [0.05, 0.1) is 0 Å². The Morgan fingerprint density at radius 1 is 1.31 bits per heavy atom. The van der Waals surface area contributed by atoms with Gasteiger partial charge >= 0.3 is 88.0 Å². The van der Waals surface area contributed by atoms with Gasteiger partial charge in [-0.05, 0) is 0 Å². The van der Waals surface area contributed by atoms with E-state index in [2.05, 4.69) is 35.3 Å². The SMILES string of the molecule is CCCOc1cccc2cc[te]c12. The summed E-state index contributed by atoms with van der Waals surface area (Å²) in [6.07, 6.45) is 1.08. The van der Waals surface area contributed by atoms with Crippen molar-refractivity contribution in [2.75, 3.05) is 6.61 Å². The van der Waals surface area contributed by atoms with Gasteiger partial charge in [-0.3, -0.25) is 0 Å². The van der Waals surface area contributed by atoms with E-state index in [9.17, 15) is 0 Å². The first kappa shape index (κ1) is 9.12. The summed E-state index contributed by atoms with van der Waals surface area (Å²) in [7, 11) is 0. The standard InChI is InChI=1S/C11H12OTe/c1-2-7-12-10-5-3-4-9-6-8-13-11(9)10/h3-6,8H,2,7H2,1H3. The van der Waals surface area contributed by atoms with Crippen molar-refractivity contribution in [2.45, 2.75) is 13.3 Å². The molecule has 1 nitrogen and oxygen atoms in total. The van der Waals surface area contributed by atoms with E-state index in [1.807, 2.05) is 0 Å². The molecule has 68 valence electrons. The van der Waals surface area contributed by atoms with Gasteiger partial charge in [-0.2, -0.15) is 0 Å². The number of fused-ring (bicyclic) bond motifs is 1. The Kier molecular flexibility index (Phi) is 2.93. The molecule has 0 bridgehead atoms. The van der Waals surface area contributed by atoms with Gasteiger partial charge in [0.25, 0.3) is 0 Å². The van der Waals surface area contributed by atoms with Gasteiger partial charge in [0.2, 0.25) is 0 Å². The van der Waals surface area contributed by atoms with Crippen molar-refractivity contribution in [2.24, 2.45) is 0 Å². The molecule has 0 atom stereocenters. The maximum absolute atomic E-state index is 5.69. The molecule has 0 saturated heterocycles. The number of hydrogen-bond acceptors (Lipinski definition) is 1. The Hall–Kier alpha value is -0.450. The summed E-state index contributed by atoms with van der Waals surface area (Å²) in [6, 6.07) is 8.55. The van der Waals surface area contributed by atoms with Crippen molar-refractivity contribution in [1.82, 2.24) is 0 Å². The fourth-order valence-corrected chi connectivity index (χ4v) is 3.76. The van der Waals surface area contributed by atoms with Crippen LogP contribution in [0.1, 0.15) is 13.3 Å². The van der Waals surface area contributed by atoms with Crippen LogP contribution in [0, 0.1) is 0 Å². The molecule has 2 rings (SSSR count). The van der Waals surface area contributed by atoms with E-state index in [0.717, 1.165) is 18.8 Å². The van der Waals surface area contributed by atoms with Crippen LogP contribution in [0.15, 0.2) is 28.3 Å². The fraction of sp³-hybridized carbons (Fsp3) is 0.273. The van der Waals surface area contributed by atoms with E-state index in [4.69, 9.17) is 4.74 Å². The van der Waals surface area contributed by atoms with Gasteiger partial charge in [-0.15, -0.1) is 0 Å². The molecule has 1 aromatic heterocycles. The molecular weight excluding hydrogens is 276 g/mol. The monoisotopic (exact) mass is 290 g/mol. The van der Waals surface area contributed by atoms with E-state index in [1.165, 1.54) is 8.79 Å². The molecule has 13 heavy (non-hydrogen) atoms. The van der Waals surface area contributed by atoms with E-state index in [1.54, 1.807) is 0 Å². The van der Waals surface area contributed by atoms with E-state index < -0.39 is 0 Å². The number of hydrogen-bond donors (Lipinski definition) is 0.